The predicted octanol–water partition coefficient (Wildman–Crippen LogP) is 3.52. The van der Waals surface area contributed by atoms with Crippen molar-refractivity contribution in [1.29, 1.82) is 0 Å². The summed E-state index contributed by atoms with van der Waals surface area (Å²) in [5.74, 6) is 0. The molecule has 0 heterocycles. The predicted molar refractivity (Wildman–Crippen MR) is 83.8 cm³/mol. The van der Waals surface area contributed by atoms with Crippen molar-refractivity contribution >= 4 is 5.69 Å². The average molecular weight is 260 g/mol. The molecular weight excluding hydrogens is 232 g/mol. The van der Waals surface area contributed by atoms with Gasteiger partial charge in [-0.3, -0.25) is 0 Å². The molecule has 0 radical (unpaired) electrons. The van der Waals surface area contributed by atoms with E-state index >= 15 is 0 Å². The molecule has 0 aliphatic heterocycles. The zero-order valence-electron chi connectivity index (χ0n) is 12.7. The number of para-hydroxylation sites is 1. The third-order valence-corrected chi connectivity index (χ3v) is 4.61. The van der Waals surface area contributed by atoms with Gasteiger partial charge in [-0.25, -0.2) is 0 Å². The van der Waals surface area contributed by atoms with Crippen LogP contribution in [0, 0.1) is 0 Å². The van der Waals surface area contributed by atoms with Crippen LogP contribution >= 0.6 is 0 Å². The van der Waals surface area contributed by atoms with Crippen LogP contribution in [0.5, 0.6) is 0 Å². The van der Waals surface area contributed by atoms with Gasteiger partial charge < -0.3 is 10.6 Å². The Morgan fingerprint density at radius 3 is 2.05 bits per heavy atom. The Labute approximate surface area is 118 Å². The van der Waals surface area contributed by atoms with Crippen LogP contribution < -0.4 is 10.6 Å². The zero-order valence-corrected chi connectivity index (χ0v) is 12.7. The molecule has 0 aromatic heterocycles. The maximum Gasteiger partial charge on any atom is 0.0431 e. The summed E-state index contributed by atoms with van der Waals surface area (Å²) >= 11 is 0. The van der Waals surface area contributed by atoms with Crippen molar-refractivity contribution < 1.29 is 0 Å². The topological polar surface area (TPSA) is 29.3 Å². The summed E-state index contributed by atoms with van der Waals surface area (Å²) in [5, 5.41) is 0. The van der Waals surface area contributed by atoms with Crippen LogP contribution in [0.15, 0.2) is 18.2 Å². The molecule has 1 aromatic carbocycles. The van der Waals surface area contributed by atoms with Gasteiger partial charge in [-0.2, -0.15) is 0 Å². The van der Waals surface area contributed by atoms with Gasteiger partial charge in [0.15, 0.2) is 0 Å². The lowest BCUT2D eigenvalue weighted by Crippen LogP contribution is -2.39. The SMILES string of the molecule is CCc1cccc(CC)c1N(C)C1CCC(N)CC1. The van der Waals surface area contributed by atoms with Crippen LogP contribution in [0.2, 0.25) is 0 Å². The van der Waals surface area contributed by atoms with E-state index in [9.17, 15) is 0 Å². The van der Waals surface area contributed by atoms with Gasteiger partial charge in [-0.15, -0.1) is 0 Å². The summed E-state index contributed by atoms with van der Waals surface area (Å²) < 4.78 is 0. The minimum Gasteiger partial charge on any atom is -0.371 e. The lowest BCUT2D eigenvalue weighted by molar-refractivity contribution is 0.384. The average Bonchev–Trinajstić information content (AvgIpc) is 2.46. The second kappa shape index (κ2) is 6.42. The van der Waals surface area contributed by atoms with Gasteiger partial charge in [0.25, 0.3) is 0 Å². The number of aryl methyl sites for hydroxylation is 2. The molecule has 0 bridgehead atoms. The molecule has 2 N–H and O–H groups in total. The molecule has 0 spiro atoms. The summed E-state index contributed by atoms with van der Waals surface area (Å²) in [6.07, 6.45) is 7.03. The fraction of sp³-hybridized carbons (Fsp3) is 0.647. The van der Waals surface area contributed by atoms with Gasteiger partial charge >= 0.3 is 0 Å². The van der Waals surface area contributed by atoms with E-state index < -0.39 is 0 Å². The molecule has 0 saturated heterocycles. The van der Waals surface area contributed by atoms with Crippen molar-refractivity contribution in [3.8, 4) is 0 Å². The zero-order chi connectivity index (χ0) is 13.8. The Kier molecular flexibility index (Phi) is 4.87. The molecule has 106 valence electrons. The Bertz CT molecular complexity index is 383. The quantitative estimate of drug-likeness (QED) is 0.897. The molecule has 0 amide bonds. The fourth-order valence-corrected chi connectivity index (χ4v) is 3.34. The fourth-order valence-electron chi connectivity index (χ4n) is 3.34. The highest BCUT2D eigenvalue weighted by Crippen LogP contribution is 2.31. The second-order valence-electron chi connectivity index (χ2n) is 5.81. The maximum atomic E-state index is 6.03. The number of nitrogens with two attached hydrogens (primary N) is 1. The van der Waals surface area contributed by atoms with Crippen molar-refractivity contribution in [2.45, 2.75) is 64.5 Å². The minimum absolute atomic E-state index is 0.428. The third kappa shape index (κ3) is 3.11. The van der Waals surface area contributed by atoms with Crippen LogP contribution in [0.4, 0.5) is 5.69 Å². The highest BCUT2D eigenvalue weighted by Gasteiger charge is 2.24. The van der Waals surface area contributed by atoms with Gasteiger partial charge in [0, 0.05) is 24.8 Å². The van der Waals surface area contributed by atoms with Crippen molar-refractivity contribution in [2.24, 2.45) is 5.73 Å². The Morgan fingerprint density at radius 2 is 1.58 bits per heavy atom. The lowest BCUT2D eigenvalue weighted by Gasteiger charge is -2.37. The van der Waals surface area contributed by atoms with E-state index in [0.29, 0.717) is 12.1 Å². The second-order valence-corrected chi connectivity index (χ2v) is 5.81. The summed E-state index contributed by atoms with van der Waals surface area (Å²) in [5.41, 5.74) is 10.5. The molecule has 2 rings (SSSR count). The van der Waals surface area contributed by atoms with Crippen LogP contribution in [-0.4, -0.2) is 19.1 Å². The molecule has 0 unspecified atom stereocenters. The van der Waals surface area contributed by atoms with Crippen LogP contribution in [0.1, 0.15) is 50.7 Å². The van der Waals surface area contributed by atoms with Gasteiger partial charge in [0.2, 0.25) is 0 Å². The Morgan fingerprint density at radius 1 is 1.05 bits per heavy atom. The van der Waals surface area contributed by atoms with E-state index in [2.05, 4.69) is 44.0 Å². The molecule has 1 aliphatic rings. The monoisotopic (exact) mass is 260 g/mol. The molecule has 2 nitrogen and oxygen atoms in total. The van der Waals surface area contributed by atoms with Crippen LogP contribution in [0.3, 0.4) is 0 Å². The molecule has 19 heavy (non-hydrogen) atoms. The first-order chi connectivity index (χ1) is 9.17. The first kappa shape index (κ1) is 14.4. The third-order valence-electron chi connectivity index (χ3n) is 4.61. The van der Waals surface area contributed by atoms with E-state index in [0.717, 1.165) is 12.8 Å². The summed E-state index contributed by atoms with van der Waals surface area (Å²) in [6, 6.07) is 7.85. The lowest BCUT2D eigenvalue weighted by atomic mass is 9.89. The summed E-state index contributed by atoms with van der Waals surface area (Å²) in [7, 11) is 2.27. The van der Waals surface area contributed by atoms with E-state index in [1.54, 1.807) is 0 Å². The van der Waals surface area contributed by atoms with Crippen molar-refractivity contribution in [3.63, 3.8) is 0 Å². The smallest absolute Gasteiger partial charge is 0.0431 e. The van der Waals surface area contributed by atoms with Crippen molar-refractivity contribution in [2.75, 3.05) is 11.9 Å². The van der Waals surface area contributed by atoms with Gasteiger partial charge in [-0.05, 0) is 49.7 Å². The molecule has 1 aromatic rings. The first-order valence-electron chi connectivity index (χ1n) is 7.76. The molecule has 1 aliphatic carbocycles. The van der Waals surface area contributed by atoms with E-state index in [1.807, 2.05) is 0 Å². The van der Waals surface area contributed by atoms with Gasteiger partial charge in [-0.1, -0.05) is 32.0 Å². The van der Waals surface area contributed by atoms with Gasteiger partial charge in [0.1, 0.15) is 0 Å². The van der Waals surface area contributed by atoms with E-state index in [1.165, 1.54) is 42.5 Å². The Balaban J connectivity index is 2.24. The molecule has 1 saturated carbocycles. The minimum atomic E-state index is 0.428. The molecular formula is C17H28N2. The van der Waals surface area contributed by atoms with Gasteiger partial charge in [0.05, 0.1) is 0 Å². The number of rotatable bonds is 4. The standard InChI is InChI=1S/C17H28N2/c1-4-13-7-6-8-14(5-2)17(13)19(3)16-11-9-15(18)10-12-16/h6-8,15-16H,4-5,9-12,18H2,1-3H3. The molecule has 2 heteroatoms. The highest BCUT2D eigenvalue weighted by molar-refractivity contribution is 5.60. The number of hydrogen-bond donors (Lipinski definition) is 1. The summed E-state index contributed by atoms with van der Waals surface area (Å²) in [4.78, 5) is 2.53. The van der Waals surface area contributed by atoms with Crippen LogP contribution in [0.25, 0.3) is 0 Å². The molecule has 1 fully saturated rings. The number of benzene rings is 1. The normalized spacial score (nSPS) is 23.4. The Hall–Kier alpha value is -1.02. The van der Waals surface area contributed by atoms with Crippen molar-refractivity contribution in [3.05, 3.63) is 29.3 Å². The van der Waals surface area contributed by atoms with Crippen LogP contribution in [-0.2, 0) is 12.8 Å². The van der Waals surface area contributed by atoms with E-state index in [4.69, 9.17) is 5.73 Å². The van der Waals surface area contributed by atoms with E-state index in [-0.39, 0.29) is 0 Å². The number of anilines is 1. The number of hydrogen-bond acceptors (Lipinski definition) is 2. The largest absolute Gasteiger partial charge is 0.371 e. The van der Waals surface area contributed by atoms with Crippen molar-refractivity contribution in [1.82, 2.24) is 0 Å². The first-order valence-corrected chi connectivity index (χ1v) is 7.76. The summed E-state index contributed by atoms with van der Waals surface area (Å²) in [6.45, 7) is 4.51. The molecule has 0 atom stereocenters. The highest BCUT2D eigenvalue weighted by atomic mass is 15.1. The maximum absolute atomic E-state index is 6.03. The number of nitrogens with zero attached hydrogens (tertiary/aromatic N) is 1.